The normalized spacial score (nSPS) is 19.0. The number of aliphatic hydroxyl groups is 1. The van der Waals surface area contributed by atoms with Crippen molar-refractivity contribution in [1.29, 1.82) is 0 Å². The molecule has 2 N–H and O–H groups in total. The zero-order valence-corrected chi connectivity index (χ0v) is 15.3. The summed E-state index contributed by atoms with van der Waals surface area (Å²) >= 11 is 0. The van der Waals surface area contributed by atoms with Crippen LogP contribution in [0.3, 0.4) is 0 Å². The lowest BCUT2D eigenvalue weighted by Gasteiger charge is -2.20. The predicted octanol–water partition coefficient (Wildman–Crippen LogP) is 1.61. The third kappa shape index (κ3) is 3.80. The predicted molar refractivity (Wildman–Crippen MR) is 101 cm³/mol. The number of fused-ring (bicyclic) bond motifs is 1. The highest BCUT2D eigenvalue weighted by Gasteiger charge is 2.35. The summed E-state index contributed by atoms with van der Waals surface area (Å²) in [7, 11) is 0. The molecule has 28 heavy (non-hydrogen) atoms. The lowest BCUT2D eigenvalue weighted by atomic mass is 10.0. The van der Waals surface area contributed by atoms with Gasteiger partial charge in [0.25, 0.3) is 0 Å². The summed E-state index contributed by atoms with van der Waals surface area (Å²) in [6.07, 6.45) is 0.170. The second-order valence-electron chi connectivity index (χ2n) is 7.02. The highest BCUT2D eigenvalue weighted by molar-refractivity contribution is 5.89. The Kier molecular flexibility index (Phi) is 5.16. The lowest BCUT2D eigenvalue weighted by molar-refractivity contribution is -0.129. The van der Waals surface area contributed by atoms with Gasteiger partial charge in [-0.2, -0.15) is 0 Å². The zero-order chi connectivity index (χ0) is 19.5. The van der Waals surface area contributed by atoms with Gasteiger partial charge < -0.3 is 24.8 Å². The minimum Gasteiger partial charge on any atom is -0.454 e. The van der Waals surface area contributed by atoms with Gasteiger partial charge in [-0.25, -0.2) is 0 Å². The summed E-state index contributed by atoms with van der Waals surface area (Å²) in [5.74, 6) is 0.665. The van der Waals surface area contributed by atoms with Crippen LogP contribution in [0.1, 0.15) is 23.6 Å². The minimum atomic E-state index is -0.480. The van der Waals surface area contributed by atoms with Gasteiger partial charge in [0, 0.05) is 19.5 Å². The third-order valence-electron chi connectivity index (χ3n) is 5.10. The second kappa shape index (κ2) is 7.90. The van der Waals surface area contributed by atoms with Crippen LogP contribution in [0.5, 0.6) is 11.5 Å². The molecule has 1 saturated heterocycles. The van der Waals surface area contributed by atoms with E-state index in [0.717, 1.165) is 11.1 Å². The average Bonchev–Trinajstić information content (AvgIpc) is 3.33. The van der Waals surface area contributed by atoms with Crippen molar-refractivity contribution in [3.05, 3.63) is 59.7 Å². The number of hydrogen-bond acceptors (Lipinski definition) is 5. The monoisotopic (exact) mass is 382 g/mol. The van der Waals surface area contributed by atoms with Gasteiger partial charge in [-0.1, -0.05) is 36.4 Å². The van der Waals surface area contributed by atoms with Crippen molar-refractivity contribution >= 4 is 11.8 Å². The van der Waals surface area contributed by atoms with Crippen LogP contribution in [0.2, 0.25) is 0 Å². The molecule has 2 aliphatic rings. The molecule has 0 spiro atoms. The summed E-state index contributed by atoms with van der Waals surface area (Å²) in [6, 6.07) is 14.4. The van der Waals surface area contributed by atoms with Crippen LogP contribution in [0.15, 0.2) is 48.5 Å². The molecular formula is C21H22N2O5. The number of carbonyl (C=O) groups excluding carboxylic acids is 2. The van der Waals surface area contributed by atoms with E-state index in [0.29, 0.717) is 24.6 Å². The Balaban J connectivity index is 1.38. The van der Waals surface area contributed by atoms with E-state index in [9.17, 15) is 14.7 Å². The maximum absolute atomic E-state index is 12.6. The van der Waals surface area contributed by atoms with Crippen molar-refractivity contribution in [3.63, 3.8) is 0 Å². The largest absolute Gasteiger partial charge is 0.454 e. The Morgan fingerprint density at radius 2 is 1.96 bits per heavy atom. The Morgan fingerprint density at radius 3 is 2.75 bits per heavy atom. The summed E-state index contributed by atoms with van der Waals surface area (Å²) in [6.45, 7) is 0.780. The van der Waals surface area contributed by atoms with E-state index in [1.54, 1.807) is 4.90 Å². The van der Waals surface area contributed by atoms with Gasteiger partial charge in [0.15, 0.2) is 11.5 Å². The number of rotatable bonds is 6. The van der Waals surface area contributed by atoms with Crippen LogP contribution in [-0.4, -0.2) is 41.8 Å². The quantitative estimate of drug-likeness (QED) is 0.793. The fourth-order valence-electron chi connectivity index (χ4n) is 3.57. The van der Waals surface area contributed by atoms with Gasteiger partial charge >= 0.3 is 0 Å². The zero-order valence-electron chi connectivity index (χ0n) is 15.3. The molecule has 2 amide bonds. The molecule has 4 rings (SSSR count). The Hall–Kier alpha value is -3.06. The first kappa shape index (κ1) is 18.3. The number of likely N-dealkylation sites (tertiary alicyclic amines) is 1. The molecule has 7 heteroatoms. The first-order valence-corrected chi connectivity index (χ1v) is 9.26. The summed E-state index contributed by atoms with van der Waals surface area (Å²) in [5.41, 5.74) is 1.76. The van der Waals surface area contributed by atoms with Crippen molar-refractivity contribution < 1.29 is 24.2 Å². The van der Waals surface area contributed by atoms with E-state index < -0.39 is 12.0 Å². The molecule has 0 bridgehead atoms. The molecule has 2 aromatic rings. The number of benzene rings is 2. The first-order valence-electron chi connectivity index (χ1n) is 9.26. The van der Waals surface area contributed by atoms with Crippen molar-refractivity contribution in [2.24, 2.45) is 5.92 Å². The van der Waals surface area contributed by atoms with E-state index in [1.165, 1.54) is 0 Å². The summed E-state index contributed by atoms with van der Waals surface area (Å²) in [4.78, 5) is 26.7. The van der Waals surface area contributed by atoms with Crippen LogP contribution >= 0.6 is 0 Å². The second-order valence-corrected chi connectivity index (χ2v) is 7.02. The van der Waals surface area contributed by atoms with Crippen molar-refractivity contribution in [1.82, 2.24) is 10.2 Å². The maximum Gasteiger partial charge on any atom is 0.231 e. The minimum absolute atomic E-state index is 0.0573. The van der Waals surface area contributed by atoms with Gasteiger partial charge in [-0.3, -0.25) is 9.59 Å². The SMILES string of the molecule is O=C(NC(CO)c1ccccc1)C1CC(=O)N(Cc2ccc3c(c2)OCO3)C1. The number of ether oxygens (including phenoxy) is 2. The standard InChI is InChI=1S/C21H22N2O5/c24-12-17(15-4-2-1-3-5-15)22-21(26)16-9-20(25)23(11-16)10-14-6-7-18-19(8-14)28-13-27-18/h1-8,16-17,24H,9-13H2,(H,22,26). The van der Waals surface area contributed by atoms with Gasteiger partial charge in [0.2, 0.25) is 18.6 Å². The molecule has 2 heterocycles. The van der Waals surface area contributed by atoms with E-state index in [4.69, 9.17) is 9.47 Å². The summed E-state index contributed by atoms with van der Waals surface area (Å²) < 4.78 is 10.7. The van der Waals surface area contributed by atoms with Crippen LogP contribution < -0.4 is 14.8 Å². The van der Waals surface area contributed by atoms with Crippen LogP contribution in [0.4, 0.5) is 0 Å². The average molecular weight is 382 g/mol. The fraction of sp³-hybridized carbons (Fsp3) is 0.333. The van der Waals surface area contributed by atoms with E-state index in [-0.39, 0.29) is 31.6 Å². The molecule has 0 aromatic heterocycles. The molecule has 0 aliphatic carbocycles. The van der Waals surface area contributed by atoms with Gasteiger partial charge in [-0.05, 0) is 23.3 Å². The van der Waals surface area contributed by atoms with Crippen LogP contribution in [0.25, 0.3) is 0 Å². The molecule has 2 atom stereocenters. The van der Waals surface area contributed by atoms with E-state index >= 15 is 0 Å². The van der Waals surface area contributed by atoms with Gasteiger partial charge in [-0.15, -0.1) is 0 Å². The highest BCUT2D eigenvalue weighted by Crippen LogP contribution is 2.33. The number of nitrogens with zero attached hydrogens (tertiary/aromatic N) is 1. The molecule has 2 unspecified atom stereocenters. The van der Waals surface area contributed by atoms with Crippen molar-refractivity contribution in [2.45, 2.75) is 19.0 Å². The number of hydrogen-bond donors (Lipinski definition) is 2. The smallest absolute Gasteiger partial charge is 0.231 e. The Labute approximate surface area is 162 Å². The molecule has 7 nitrogen and oxygen atoms in total. The molecule has 1 fully saturated rings. The Bertz CT molecular complexity index is 870. The topological polar surface area (TPSA) is 88.1 Å². The molecule has 2 aliphatic heterocycles. The number of carbonyl (C=O) groups is 2. The fourth-order valence-corrected chi connectivity index (χ4v) is 3.57. The lowest BCUT2D eigenvalue weighted by Crippen LogP contribution is -2.36. The molecule has 0 saturated carbocycles. The van der Waals surface area contributed by atoms with Crippen molar-refractivity contribution in [3.8, 4) is 11.5 Å². The van der Waals surface area contributed by atoms with Gasteiger partial charge in [0.1, 0.15) is 0 Å². The van der Waals surface area contributed by atoms with Crippen LogP contribution in [-0.2, 0) is 16.1 Å². The number of nitrogens with one attached hydrogen (secondary N) is 1. The number of amides is 2. The molecule has 146 valence electrons. The summed E-state index contributed by atoms with van der Waals surface area (Å²) in [5, 5.41) is 12.5. The van der Waals surface area contributed by atoms with Crippen molar-refractivity contribution in [2.75, 3.05) is 19.9 Å². The Morgan fingerprint density at radius 1 is 1.18 bits per heavy atom. The van der Waals surface area contributed by atoms with E-state index in [1.807, 2.05) is 48.5 Å². The molecule has 2 aromatic carbocycles. The molecular weight excluding hydrogens is 360 g/mol. The maximum atomic E-state index is 12.6. The van der Waals surface area contributed by atoms with E-state index in [2.05, 4.69) is 5.32 Å². The molecule has 0 radical (unpaired) electrons. The first-order chi connectivity index (χ1) is 13.6. The van der Waals surface area contributed by atoms with Crippen LogP contribution in [0, 0.1) is 5.92 Å². The number of aliphatic hydroxyl groups excluding tert-OH is 1. The third-order valence-corrected chi connectivity index (χ3v) is 5.10. The highest BCUT2D eigenvalue weighted by atomic mass is 16.7. The van der Waals surface area contributed by atoms with Gasteiger partial charge in [0.05, 0.1) is 18.6 Å².